The third-order valence-electron chi connectivity index (χ3n) is 5.08. The van der Waals surface area contributed by atoms with Crippen LogP contribution in [0.5, 0.6) is 0 Å². The van der Waals surface area contributed by atoms with E-state index in [1.54, 1.807) is 0 Å². The van der Waals surface area contributed by atoms with Crippen LogP contribution in [-0.4, -0.2) is 51.3 Å². The number of tetrazole rings is 1. The second kappa shape index (κ2) is 8.58. The first-order valence-corrected chi connectivity index (χ1v) is 9.62. The Bertz CT molecular complexity index is 676. The van der Waals surface area contributed by atoms with E-state index in [0.29, 0.717) is 0 Å². The fraction of sp³-hybridized carbons (Fsp3) is 0.632. The van der Waals surface area contributed by atoms with Gasteiger partial charge in [0.2, 0.25) is 0 Å². The van der Waals surface area contributed by atoms with Gasteiger partial charge in [0.1, 0.15) is 5.82 Å². The molecular weight excluding hydrogens is 331 g/mol. The van der Waals surface area contributed by atoms with E-state index in [-0.39, 0.29) is 17.9 Å². The number of aromatic nitrogens is 4. The molecule has 7 heteroatoms. The first-order valence-electron chi connectivity index (χ1n) is 9.62. The largest absolute Gasteiger partial charge is 0.369 e. The molecule has 2 aromatic rings. The van der Waals surface area contributed by atoms with Crippen LogP contribution in [0.25, 0.3) is 0 Å². The Balaban J connectivity index is 1.71. The maximum atomic E-state index is 13.2. The highest BCUT2D eigenvalue weighted by molar-refractivity contribution is 5.46. The van der Waals surface area contributed by atoms with Gasteiger partial charge in [-0.05, 0) is 55.0 Å². The summed E-state index contributed by atoms with van der Waals surface area (Å²) >= 11 is 0. The summed E-state index contributed by atoms with van der Waals surface area (Å²) in [6.45, 7) is 10.2. The van der Waals surface area contributed by atoms with Crippen LogP contribution in [0, 0.1) is 5.82 Å². The molecular formula is C19H29FN6. The van der Waals surface area contributed by atoms with E-state index in [1.165, 1.54) is 12.1 Å². The highest BCUT2D eigenvalue weighted by atomic mass is 19.1. The standard InChI is InChI=1S/C19H29FN6/c1-4-5-6-18(19-21-22-23-26(19)15(2)3)25-13-11-24(12-14-25)17-9-7-16(20)8-10-17/h7-10,15,18H,4-6,11-14H2,1-3H3. The first kappa shape index (κ1) is 18.8. The van der Waals surface area contributed by atoms with E-state index in [0.717, 1.165) is 57.0 Å². The fourth-order valence-electron chi connectivity index (χ4n) is 3.60. The molecule has 0 N–H and O–H groups in total. The molecule has 0 spiro atoms. The molecule has 0 bridgehead atoms. The number of benzene rings is 1. The SMILES string of the molecule is CCCCC(c1nnnn1C(C)C)N1CCN(c2ccc(F)cc2)CC1. The van der Waals surface area contributed by atoms with E-state index >= 15 is 0 Å². The lowest BCUT2D eigenvalue weighted by molar-refractivity contribution is 0.161. The summed E-state index contributed by atoms with van der Waals surface area (Å²) in [4.78, 5) is 4.82. The Morgan fingerprint density at radius 2 is 1.77 bits per heavy atom. The molecule has 0 saturated carbocycles. The van der Waals surface area contributed by atoms with E-state index in [9.17, 15) is 4.39 Å². The van der Waals surface area contributed by atoms with Crippen LogP contribution in [0.3, 0.4) is 0 Å². The van der Waals surface area contributed by atoms with Crippen LogP contribution < -0.4 is 4.90 Å². The quantitative estimate of drug-likeness (QED) is 0.757. The monoisotopic (exact) mass is 360 g/mol. The number of hydrogen-bond donors (Lipinski definition) is 0. The number of hydrogen-bond acceptors (Lipinski definition) is 5. The van der Waals surface area contributed by atoms with Crippen LogP contribution in [-0.2, 0) is 0 Å². The molecule has 6 nitrogen and oxygen atoms in total. The normalized spacial score (nSPS) is 17.0. The Morgan fingerprint density at radius 1 is 1.08 bits per heavy atom. The van der Waals surface area contributed by atoms with Gasteiger partial charge >= 0.3 is 0 Å². The van der Waals surface area contributed by atoms with Crippen LogP contribution in [0.15, 0.2) is 24.3 Å². The summed E-state index contributed by atoms with van der Waals surface area (Å²) in [5.41, 5.74) is 1.09. The average molecular weight is 360 g/mol. The molecule has 1 aliphatic heterocycles. The zero-order valence-corrected chi connectivity index (χ0v) is 16.0. The van der Waals surface area contributed by atoms with Gasteiger partial charge in [0.25, 0.3) is 0 Å². The Kier molecular flexibility index (Phi) is 6.19. The van der Waals surface area contributed by atoms with E-state index in [4.69, 9.17) is 0 Å². The molecule has 1 aromatic heterocycles. The lowest BCUT2D eigenvalue weighted by Gasteiger charge is -2.40. The lowest BCUT2D eigenvalue weighted by Crippen LogP contribution is -2.48. The molecule has 0 amide bonds. The maximum absolute atomic E-state index is 13.2. The average Bonchev–Trinajstić information content (AvgIpc) is 3.13. The highest BCUT2D eigenvalue weighted by Gasteiger charge is 2.29. The molecule has 1 unspecified atom stereocenters. The van der Waals surface area contributed by atoms with Gasteiger partial charge in [-0.2, -0.15) is 0 Å². The van der Waals surface area contributed by atoms with Gasteiger partial charge < -0.3 is 4.90 Å². The van der Waals surface area contributed by atoms with Gasteiger partial charge in [0.15, 0.2) is 5.82 Å². The second-order valence-corrected chi connectivity index (χ2v) is 7.23. The number of halogens is 1. The van der Waals surface area contributed by atoms with E-state index in [2.05, 4.69) is 46.1 Å². The highest BCUT2D eigenvalue weighted by Crippen LogP contribution is 2.28. The van der Waals surface area contributed by atoms with Crippen molar-refractivity contribution in [2.75, 3.05) is 31.1 Å². The number of nitrogens with zero attached hydrogens (tertiary/aromatic N) is 6. The topological polar surface area (TPSA) is 50.1 Å². The minimum absolute atomic E-state index is 0.187. The van der Waals surface area contributed by atoms with Crippen molar-refractivity contribution >= 4 is 5.69 Å². The smallest absolute Gasteiger partial charge is 0.168 e. The summed E-state index contributed by atoms with van der Waals surface area (Å²) in [6.07, 6.45) is 3.39. The molecule has 1 atom stereocenters. The van der Waals surface area contributed by atoms with Gasteiger partial charge in [-0.15, -0.1) is 5.10 Å². The Hall–Kier alpha value is -2.02. The predicted molar refractivity (Wildman–Crippen MR) is 101 cm³/mol. The van der Waals surface area contributed by atoms with E-state index in [1.807, 2.05) is 16.8 Å². The molecule has 142 valence electrons. The molecule has 1 fully saturated rings. The predicted octanol–water partition coefficient (Wildman–Crippen LogP) is 3.45. The summed E-state index contributed by atoms with van der Waals surface area (Å²) < 4.78 is 15.1. The summed E-state index contributed by atoms with van der Waals surface area (Å²) in [7, 11) is 0. The number of rotatable bonds is 7. The second-order valence-electron chi connectivity index (χ2n) is 7.23. The van der Waals surface area contributed by atoms with Crippen molar-refractivity contribution in [2.24, 2.45) is 0 Å². The molecule has 0 radical (unpaired) electrons. The fourth-order valence-corrected chi connectivity index (χ4v) is 3.60. The first-order chi connectivity index (χ1) is 12.6. The molecule has 3 rings (SSSR count). The molecule has 1 saturated heterocycles. The van der Waals surface area contributed by atoms with Crippen molar-refractivity contribution in [3.63, 3.8) is 0 Å². The van der Waals surface area contributed by atoms with E-state index < -0.39 is 0 Å². The van der Waals surface area contributed by atoms with Crippen molar-refractivity contribution in [3.8, 4) is 0 Å². The third-order valence-corrected chi connectivity index (χ3v) is 5.08. The molecule has 1 aromatic carbocycles. The van der Waals surface area contributed by atoms with Crippen molar-refractivity contribution in [2.45, 2.75) is 52.1 Å². The number of anilines is 1. The third kappa shape index (κ3) is 4.20. The Labute approximate surface area is 155 Å². The van der Waals surface area contributed by atoms with Gasteiger partial charge in [-0.1, -0.05) is 19.8 Å². The van der Waals surface area contributed by atoms with Crippen LogP contribution in [0.1, 0.15) is 57.9 Å². The van der Waals surface area contributed by atoms with Gasteiger partial charge in [-0.25, -0.2) is 9.07 Å². The van der Waals surface area contributed by atoms with Gasteiger partial charge in [0, 0.05) is 31.9 Å². The van der Waals surface area contributed by atoms with Crippen molar-refractivity contribution < 1.29 is 4.39 Å². The van der Waals surface area contributed by atoms with Crippen molar-refractivity contribution in [1.29, 1.82) is 0 Å². The van der Waals surface area contributed by atoms with Gasteiger partial charge in [-0.3, -0.25) is 4.90 Å². The summed E-state index contributed by atoms with van der Waals surface area (Å²) in [5.74, 6) is 0.788. The van der Waals surface area contributed by atoms with Crippen LogP contribution in [0.2, 0.25) is 0 Å². The number of unbranched alkanes of at least 4 members (excludes halogenated alkanes) is 1. The molecule has 26 heavy (non-hydrogen) atoms. The van der Waals surface area contributed by atoms with Crippen molar-refractivity contribution in [1.82, 2.24) is 25.1 Å². The maximum Gasteiger partial charge on any atom is 0.168 e. The zero-order valence-electron chi connectivity index (χ0n) is 16.0. The van der Waals surface area contributed by atoms with Crippen LogP contribution >= 0.6 is 0 Å². The summed E-state index contributed by atoms with van der Waals surface area (Å²) in [5, 5.41) is 12.5. The van der Waals surface area contributed by atoms with Gasteiger partial charge in [0.05, 0.1) is 12.1 Å². The minimum atomic E-state index is -0.187. The minimum Gasteiger partial charge on any atom is -0.369 e. The molecule has 1 aliphatic rings. The number of piperazine rings is 1. The molecule has 2 heterocycles. The summed E-state index contributed by atoms with van der Waals surface area (Å²) in [6, 6.07) is 7.29. The zero-order chi connectivity index (χ0) is 18.5. The van der Waals surface area contributed by atoms with Crippen molar-refractivity contribution in [3.05, 3.63) is 35.9 Å². The lowest BCUT2D eigenvalue weighted by atomic mass is 10.1. The Morgan fingerprint density at radius 3 is 2.38 bits per heavy atom. The molecule has 0 aliphatic carbocycles. The van der Waals surface area contributed by atoms with Crippen LogP contribution in [0.4, 0.5) is 10.1 Å².